The van der Waals surface area contributed by atoms with Crippen LogP contribution in [0.25, 0.3) is 11.3 Å². The molecule has 1 aromatic heterocycles. The van der Waals surface area contributed by atoms with Crippen molar-refractivity contribution in [3.63, 3.8) is 0 Å². The average molecular weight is 235 g/mol. The molecule has 2 rings (SSSR count). The molecule has 0 aliphatic rings. The molecule has 2 aromatic rings. The van der Waals surface area contributed by atoms with Gasteiger partial charge in [0, 0.05) is 16.3 Å². The molecule has 1 aromatic carbocycles. The number of rotatable bonds is 2. The molecule has 0 bridgehead atoms. The van der Waals surface area contributed by atoms with Gasteiger partial charge in [-0.15, -0.1) is 0 Å². The van der Waals surface area contributed by atoms with E-state index in [0.29, 0.717) is 5.92 Å². The van der Waals surface area contributed by atoms with Crippen LogP contribution >= 0.6 is 11.6 Å². The van der Waals surface area contributed by atoms with E-state index >= 15 is 0 Å². The van der Waals surface area contributed by atoms with Crippen LogP contribution in [0.2, 0.25) is 5.02 Å². The summed E-state index contributed by atoms with van der Waals surface area (Å²) < 4.78 is 0. The van der Waals surface area contributed by atoms with E-state index in [1.54, 1.807) is 0 Å². The summed E-state index contributed by atoms with van der Waals surface area (Å²) in [6, 6.07) is 7.77. The van der Waals surface area contributed by atoms with Gasteiger partial charge < -0.3 is 0 Å². The van der Waals surface area contributed by atoms with E-state index in [1.165, 1.54) is 11.3 Å². The summed E-state index contributed by atoms with van der Waals surface area (Å²) in [5, 5.41) is 8.22. The highest BCUT2D eigenvalue weighted by Gasteiger charge is 2.12. The molecular formula is C13H15ClN2. The van der Waals surface area contributed by atoms with Crippen LogP contribution in [-0.2, 0) is 0 Å². The van der Waals surface area contributed by atoms with Crippen LogP contribution in [0, 0.1) is 6.92 Å². The van der Waals surface area contributed by atoms with Crippen LogP contribution in [0.5, 0.6) is 0 Å². The van der Waals surface area contributed by atoms with Crippen molar-refractivity contribution in [1.82, 2.24) is 10.2 Å². The molecule has 0 saturated carbocycles. The van der Waals surface area contributed by atoms with Gasteiger partial charge in [0.1, 0.15) is 0 Å². The Balaban J connectivity index is 2.45. The van der Waals surface area contributed by atoms with E-state index < -0.39 is 0 Å². The highest BCUT2D eigenvalue weighted by Crippen LogP contribution is 2.27. The zero-order chi connectivity index (χ0) is 11.7. The first-order valence-corrected chi connectivity index (χ1v) is 5.78. The fourth-order valence-corrected chi connectivity index (χ4v) is 1.99. The highest BCUT2D eigenvalue weighted by atomic mass is 35.5. The monoisotopic (exact) mass is 234 g/mol. The van der Waals surface area contributed by atoms with E-state index in [0.717, 1.165) is 16.3 Å². The minimum atomic E-state index is 0.466. The molecule has 3 heteroatoms. The van der Waals surface area contributed by atoms with E-state index in [9.17, 15) is 0 Å². The molecule has 0 aliphatic heterocycles. The lowest BCUT2D eigenvalue weighted by Crippen LogP contribution is -1.89. The minimum Gasteiger partial charge on any atom is -0.281 e. The molecule has 0 aliphatic carbocycles. The smallest absolute Gasteiger partial charge is 0.0952 e. The second-order valence-electron chi connectivity index (χ2n) is 4.27. The molecule has 1 N–H and O–H groups in total. The summed E-state index contributed by atoms with van der Waals surface area (Å²) in [7, 11) is 0. The Kier molecular flexibility index (Phi) is 3.01. The van der Waals surface area contributed by atoms with Gasteiger partial charge in [0.2, 0.25) is 0 Å². The SMILES string of the molecule is Cc1c(-c2ccc(Cl)cc2)n[nH]c1C(C)C. The summed E-state index contributed by atoms with van der Waals surface area (Å²) >= 11 is 5.87. The number of H-pyrrole nitrogens is 1. The quantitative estimate of drug-likeness (QED) is 0.831. The maximum absolute atomic E-state index is 5.87. The first kappa shape index (κ1) is 11.2. The van der Waals surface area contributed by atoms with Gasteiger partial charge in [-0.05, 0) is 30.5 Å². The summed E-state index contributed by atoms with van der Waals surface area (Å²) in [5.74, 6) is 0.466. The molecule has 84 valence electrons. The Hall–Kier alpha value is -1.28. The topological polar surface area (TPSA) is 28.7 Å². The Morgan fingerprint density at radius 2 is 1.81 bits per heavy atom. The van der Waals surface area contributed by atoms with Crippen molar-refractivity contribution in [3.05, 3.63) is 40.5 Å². The minimum absolute atomic E-state index is 0.466. The van der Waals surface area contributed by atoms with Gasteiger partial charge in [0.05, 0.1) is 5.69 Å². The van der Waals surface area contributed by atoms with Crippen molar-refractivity contribution in [1.29, 1.82) is 0 Å². The number of hydrogen-bond acceptors (Lipinski definition) is 1. The van der Waals surface area contributed by atoms with Gasteiger partial charge >= 0.3 is 0 Å². The van der Waals surface area contributed by atoms with Crippen molar-refractivity contribution in [2.75, 3.05) is 0 Å². The van der Waals surface area contributed by atoms with E-state index in [1.807, 2.05) is 24.3 Å². The summed E-state index contributed by atoms with van der Waals surface area (Å²) in [6.45, 7) is 6.42. The predicted molar refractivity (Wildman–Crippen MR) is 67.9 cm³/mol. The second kappa shape index (κ2) is 4.30. The third-order valence-electron chi connectivity index (χ3n) is 2.74. The Morgan fingerprint density at radius 1 is 1.19 bits per heavy atom. The Bertz CT molecular complexity index is 483. The Morgan fingerprint density at radius 3 is 2.31 bits per heavy atom. The van der Waals surface area contributed by atoms with Crippen LogP contribution < -0.4 is 0 Å². The van der Waals surface area contributed by atoms with Crippen molar-refractivity contribution in [2.24, 2.45) is 0 Å². The van der Waals surface area contributed by atoms with Gasteiger partial charge in [0.25, 0.3) is 0 Å². The maximum Gasteiger partial charge on any atom is 0.0952 e. The molecule has 0 saturated heterocycles. The summed E-state index contributed by atoms with van der Waals surface area (Å²) in [5.41, 5.74) is 4.53. The lowest BCUT2D eigenvalue weighted by molar-refractivity contribution is 0.804. The fraction of sp³-hybridized carbons (Fsp3) is 0.308. The second-order valence-corrected chi connectivity index (χ2v) is 4.71. The molecule has 0 radical (unpaired) electrons. The number of benzene rings is 1. The molecule has 0 amide bonds. The largest absolute Gasteiger partial charge is 0.281 e. The first-order chi connectivity index (χ1) is 7.59. The predicted octanol–water partition coefficient (Wildman–Crippen LogP) is 4.16. The van der Waals surface area contributed by atoms with Crippen molar-refractivity contribution < 1.29 is 0 Å². The number of aromatic amines is 1. The molecule has 0 unspecified atom stereocenters. The van der Waals surface area contributed by atoms with Gasteiger partial charge in [-0.3, -0.25) is 5.10 Å². The Labute approximate surface area is 101 Å². The lowest BCUT2D eigenvalue weighted by atomic mass is 10.0. The number of halogens is 1. The van der Waals surface area contributed by atoms with Crippen LogP contribution in [-0.4, -0.2) is 10.2 Å². The highest BCUT2D eigenvalue weighted by molar-refractivity contribution is 6.30. The molecule has 2 nitrogen and oxygen atoms in total. The molecule has 0 spiro atoms. The van der Waals surface area contributed by atoms with Crippen LogP contribution in [0.1, 0.15) is 31.0 Å². The zero-order valence-corrected chi connectivity index (χ0v) is 10.5. The lowest BCUT2D eigenvalue weighted by Gasteiger charge is -2.03. The standard InChI is InChI=1S/C13H15ClN2/c1-8(2)12-9(3)13(16-15-12)10-4-6-11(14)7-5-10/h4-8H,1-3H3,(H,15,16). The van der Waals surface area contributed by atoms with Crippen molar-refractivity contribution in [2.45, 2.75) is 26.7 Å². The van der Waals surface area contributed by atoms with E-state index in [-0.39, 0.29) is 0 Å². The fourth-order valence-electron chi connectivity index (χ4n) is 1.86. The van der Waals surface area contributed by atoms with Crippen LogP contribution in [0.15, 0.2) is 24.3 Å². The van der Waals surface area contributed by atoms with E-state index in [4.69, 9.17) is 11.6 Å². The normalized spacial score (nSPS) is 11.1. The van der Waals surface area contributed by atoms with Crippen LogP contribution in [0.4, 0.5) is 0 Å². The molecule has 16 heavy (non-hydrogen) atoms. The number of aromatic nitrogens is 2. The van der Waals surface area contributed by atoms with Gasteiger partial charge in [-0.25, -0.2) is 0 Å². The number of nitrogens with one attached hydrogen (secondary N) is 1. The zero-order valence-electron chi connectivity index (χ0n) is 9.71. The molecule has 1 heterocycles. The van der Waals surface area contributed by atoms with Gasteiger partial charge in [-0.2, -0.15) is 5.10 Å². The first-order valence-electron chi connectivity index (χ1n) is 5.40. The van der Waals surface area contributed by atoms with Gasteiger partial charge in [-0.1, -0.05) is 37.6 Å². The number of hydrogen-bond donors (Lipinski definition) is 1. The third kappa shape index (κ3) is 1.98. The average Bonchev–Trinajstić information content (AvgIpc) is 2.61. The molecular weight excluding hydrogens is 220 g/mol. The summed E-state index contributed by atoms with van der Waals surface area (Å²) in [6.07, 6.45) is 0. The summed E-state index contributed by atoms with van der Waals surface area (Å²) in [4.78, 5) is 0. The van der Waals surface area contributed by atoms with Crippen LogP contribution in [0.3, 0.4) is 0 Å². The molecule has 0 fully saturated rings. The van der Waals surface area contributed by atoms with E-state index in [2.05, 4.69) is 31.0 Å². The number of nitrogens with zero attached hydrogens (tertiary/aromatic N) is 1. The van der Waals surface area contributed by atoms with Gasteiger partial charge in [0.15, 0.2) is 0 Å². The molecule has 0 atom stereocenters. The van der Waals surface area contributed by atoms with Crippen molar-refractivity contribution >= 4 is 11.6 Å². The maximum atomic E-state index is 5.87. The third-order valence-corrected chi connectivity index (χ3v) is 2.99. The van der Waals surface area contributed by atoms with Crippen molar-refractivity contribution in [3.8, 4) is 11.3 Å².